The lowest BCUT2D eigenvalue weighted by Crippen LogP contribution is -2.33. The van der Waals surface area contributed by atoms with Gasteiger partial charge in [-0.25, -0.2) is 0 Å². The van der Waals surface area contributed by atoms with E-state index in [2.05, 4.69) is 13.8 Å². The van der Waals surface area contributed by atoms with Crippen molar-refractivity contribution in [2.45, 2.75) is 39.7 Å². The summed E-state index contributed by atoms with van der Waals surface area (Å²) in [5.74, 6) is 0.482. The van der Waals surface area contributed by atoms with Gasteiger partial charge >= 0.3 is 0 Å². The molecule has 22 heavy (non-hydrogen) atoms. The second-order valence-electron chi connectivity index (χ2n) is 6.60. The molecule has 1 N–H and O–H groups in total. The van der Waals surface area contributed by atoms with Gasteiger partial charge in [-0.2, -0.15) is 0 Å². The van der Waals surface area contributed by atoms with Gasteiger partial charge in [0.15, 0.2) is 0 Å². The molecule has 1 heterocycles. The van der Waals surface area contributed by atoms with Crippen molar-refractivity contribution >= 4 is 23.2 Å². The summed E-state index contributed by atoms with van der Waals surface area (Å²) in [4.78, 5) is 0. The number of ether oxygens (including phenoxy) is 1. The molecular formula is C18H22Cl2O2. The van der Waals surface area contributed by atoms with Crippen molar-refractivity contribution < 1.29 is 9.84 Å². The maximum Gasteiger partial charge on any atom is 0.145 e. The number of halogens is 2. The Morgan fingerprint density at radius 3 is 2.64 bits per heavy atom. The van der Waals surface area contributed by atoms with Gasteiger partial charge in [-0.15, -0.1) is 0 Å². The fourth-order valence-electron chi connectivity index (χ4n) is 2.84. The van der Waals surface area contributed by atoms with Crippen LogP contribution >= 0.6 is 23.2 Å². The van der Waals surface area contributed by atoms with Crippen LogP contribution in [0.3, 0.4) is 0 Å². The molecule has 0 fully saturated rings. The lowest BCUT2D eigenvalue weighted by Gasteiger charge is -2.34. The molecule has 0 aliphatic carbocycles. The first-order valence-corrected chi connectivity index (χ1v) is 8.10. The van der Waals surface area contributed by atoms with E-state index in [4.69, 9.17) is 27.9 Å². The third-order valence-corrected chi connectivity index (χ3v) is 4.82. The summed E-state index contributed by atoms with van der Waals surface area (Å²) in [6.45, 7) is 8.48. The lowest BCUT2D eigenvalue weighted by atomic mass is 9.74. The predicted octanol–water partition coefficient (Wildman–Crippen LogP) is 5.51. The summed E-state index contributed by atoms with van der Waals surface area (Å²) in [5, 5.41) is 12.2. The molecule has 1 aliphatic rings. The van der Waals surface area contributed by atoms with E-state index in [1.54, 1.807) is 12.1 Å². The second kappa shape index (κ2) is 6.27. The van der Waals surface area contributed by atoms with Crippen LogP contribution in [0.5, 0.6) is 5.75 Å². The minimum absolute atomic E-state index is 0.200. The predicted molar refractivity (Wildman–Crippen MR) is 92.8 cm³/mol. The molecule has 1 aliphatic heterocycles. The number of fused-ring (bicyclic) bond motifs is 1. The number of hydrogen-bond donors (Lipinski definition) is 1. The van der Waals surface area contributed by atoms with E-state index < -0.39 is 5.60 Å². The highest BCUT2D eigenvalue weighted by atomic mass is 35.5. The molecule has 4 heteroatoms. The average Bonchev–Trinajstić information content (AvgIpc) is 2.55. The quantitative estimate of drug-likeness (QED) is 0.719. The summed E-state index contributed by atoms with van der Waals surface area (Å²) in [7, 11) is 0. The van der Waals surface area contributed by atoms with Crippen LogP contribution in [0.15, 0.2) is 35.9 Å². The molecule has 0 spiro atoms. The molecule has 0 amide bonds. The number of hydrogen-bond acceptors (Lipinski definition) is 2. The van der Waals surface area contributed by atoms with Crippen molar-refractivity contribution in [1.29, 1.82) is 0 Å². The Morgan fingerprint density at radius 2 is 2.00 bits per heavy atom. The topological polar surface area (TPSA) is 29.5 Å². The van der Waals surface area contributed by atoms with Gasteiger partial charge in [0.1, 0.15) is 16.4 Å². The van der Waals surface area contributed by atoms with Gasteiger partial charge in [0.25, 0.3) is 0 Å². The van der Waals surface area contributed by atoms with Crippen molar-refractivity contribution in [2.24, 2.45) is 5.41 Å². The van der Waals surface area contributed by atoms with Crippen LogP contribution in [0.1, 0.15) is 39.7 Å². The molecule has 0 saturated heterocycles. The van der Waals surface area contributed by atoms with Crippen molar-refractivity contribution in [3.63, 3.8) is 0 Å². The smallest absolute Gasteiger partial charge is 0.145 e. The van der Waals surface area contributed by atoms with Gasteiger partial charge in [0, 0.05) is 11.0 Å². The van der Waals surface area contributed by atoms with Gasteiger partial charge in [0.05, 0.1) is 11.6 Å². The summed E-state index contributed by atoms with van der Waals surface area (Å²) in [6.07, 6.45) is 6.32. The standard InChI is InChI=1S/C18H22Cl2O2/c1-5-6-7-12(2)18(21)10-17(3,4)11-22-16-13(18)8-9-14(19)15(16)20/h5-9,21H,10-11H2,1-4H3/b6-5-,12-7+. The monoisotopic (exact) mass is 340 g/mol. The maximum atomic E-state index is 11.5. The zero-order chi connectivity index (χ0) is 16.5. The van der Waals surface area contributed by atoms with Crippen molar-refractivity contribution in [2.75, 3.05) is 6.61 Å². The van der Waals surface area contributed by atoms with E-state index in [0.717, 1.165) is 5.57 Å². The summed E-state index contributed by atoms with van der Waals surface area (Å²) < 4.78 is 5.90. The number of aliphatic hydroxyl groups is 1. The Morgan fingerprint density at radius 1 is 1.32 bits per heavy atom. The Labute approximate surface area is 142 Å². The Kier molecular flexibility index (Phi) is 4.96. The van der Waals surface area contributed by atoms with Crippen LogP contribution in [0, 0.1) is 5.41 Å². The number of benzene rings is 1. The minimum Gasteiger partial charge on any atom is -0.491 e. The number of allylic oxidation sites excluding steroid dienone is 3. The molecule has 1 aromatic carbocycles. The highest BCUT2D eigenvalue weighted by Crippen LogP contribution is 2.50. The Bertz CT molecular complexity index is 632. The minimum atomic E-state index is -1.14. The van der Waals surface area contributed by atoms with Crippen molar-refractivity contribution in [3.8, 4) is 5.75 Å². The van der Waals surface area contributed by atoms with E-state index in [1.807, 2.05) is 32.1 Å². The van der Waals surface area contributed by atoms with Crippen LogP contribution in [-0.4, -0.2) is 11.7 Å². The number of rotatable bonds is 2. The molecule has 120 valence electrons. The molecular weight excluding hydrogens is 319 g/mol. The van der Waals surface area contributed by atoms with E-state index in [-0.39, 0.29) is 5.41 Å². The van der Waals surface area contributed by atoms with E-state index >= 15 is 0 Å². The molecule has 1 unspecified atom stereocenters. The molecule has 2 nitrogen and oxygen atoms in total. The SMILES string of the molecule is C/C=C\C=C(/C)C1(O)CC(C)(C)COc2c1ccc(Cl)c2Cl. The van der Waals surface area contributed by atoms with E-state index in [9.17, 15) is 5.11 Å². The van der Waals surface area contributed by atoms with Gasteiger partial charge in [-0.1, -0.05) is 61.3 Å². The summed E-state index contributed by atoms with van der Waals surface area (Å²) in [6, 6.07) is 3.51. The fraction of sp³-hybridized carbons (Fsp3) is 0.444. The Balaban J connectivity index is 2.68. The van der Waals surface area contributed by atoms with Crippen LogP contribution in [0.25, 0.3) is 0 Å². The summed E-state index contributed by atoms with van der Waals surface area (Å²) >= 11 is 12.4. The van der Waals surface area contributed by atoms with Gasteiger partial charge < -0.3 is 9.84 Å². The molecule has 0 aromatic heterocycles. The lowest BCUT2D eigenvalue weighted by molar-refractivity contribution is 0.0265. The Hall–Kier alpha value is -0.960. The fourth-order valence-corrected chi connectivity index (χ4v) is 3.20. The molecule has 0 bridgehead atoms. The molecule has 1 atom stereocenters. The third-order valence-electron chi connectivity index (χ3n) is 4.03. The normalized spacial score (nSPS) is 24.8. The van der Waals surface area contributed by atoms with Gasteiger partial charge in [-0.05, 0) is 31.9 Å². The molecule has 1 aromatic rings. The van der Waals surface area contributed by atoms with E-state index in [1.165, 1.54) is 0 Å². The molecule has 2 rings (SSSR count). The van der Waals surface area contributed by atoms with Crippen LogP contribution < -0.4 is 4.74 Å². The maximum absolute atomic E-state index is 11.5. The summed E-state index contributed by atoms with van der Waals surface area (Å²) in [5.41, 5.74) is 0.187. The largest absolute Gasteiger partial charge is 0.491 e. The average molecular weight is 341 g/mol. The highest BCUT2D eigenvalue weighted by Gasteiger charge is 2.43. The zero-order valence-electron chi connectivity index (χ0n) is 13.4. The first kappa shape index (κ1) is 17.4. The molecule has 0 saturated carbocycles. The van der Waals surface area contributed by atoms with Crippen molar-refractivity contribution in [3.05, 3.63) is 51.5 Å². The van der Waals surface area contributed by atoms with Gasteiger partial charge in [-0.3, -0.25) is 0 Å². The molecule has 0 radical (unpaired) electrons. The third kappa shape index (κ3) is 3.19. The zero-order valence-corrected chi connectivity index (χ0v) is 14.9. The van der Waals surface area contributed by atoms with Crippen LogP contribution in [0.4, 0.5) is 0 Å². The van der Waals surface area contributed by atoms with Crippen LogP contribution in [-0.2, 0) is 5.60 Å². The first-order valence-electron chi connectivity index (χ1n) is 7.35. The van der Waals surface area contributed by atoms with E-state index in [0.29, 0.717) is 34.4 Å². The first-order chi connectivity index (χ1) is 10.2. The second-order valence-corrected chi connectivity index (χ2v) is 7.39. The van der Waals surface area contributed by atoms with Gasteiger partial charge in [0.2, 0.25) is 0 Å². The van der Waals surface area contributed by atoms with Crippen LogP contribution in [0.2, 0.25) is 10.0 Å². The van der Waals surface area contributed by atoms with Crippen molar-refractivity contribution in [1.82, 2.24) is 0 Å². The highest BCUT2D eigenvalue weighted by molar-refractivity contribution is 6.43.